The van der Waals surface area contributed by atoms with Gasteiger partial charge in [-0.15, -0.1) is 0 Å². The van der Waals surface area contributed by atoms with Crippen molar-refractivity contribution in [2.75, 3.05) is 55.4 Å². The van der Waals surface area contributed by atoms with Gasteiger partial charge in [0.25, 0.3) is 5.91 Å². The van der Waals surface area contributed by atoms with Crippen molar-refractivity contribution in [3.63, 3.8) is 0 Å². The summed E-state index contributed by atoms with van der Waals surface area (Å²) in [5, 5.41) is 2.82. The number of ether oxygens (including phenoxy) is 1. The van der Waals surface area contributed by atoms with Crippen LogP contribution in [0.4, 0.5) is 17.1 Å². The molecule has 5 rings (SSSR count). The highest BCUT2D eigenvalue weighted by Gasteiger charge is 2.31. The number of nitrogens with zero attached hydrogens (tertiary/aromatic N) is 3. The van der Waals surface area contributed by atoms with Crippen LogP contribution >= 0.6 is 0 Å². The first-order chi connectivity index (χ1) is 16.3. The molecule has 2 heterocycles. The van der Waals surface area contributed by atoms with Crippen molar-refractivity contribution in [2.45, 2.75) is 4.90 Å². The zero-order valence-corrected chi connectivity index (χ0v) is 19.9. The summed E-state index contributed by atoms with van der Waals surface area (Å²) in [4.78, 5) is 17.4. The van der Waals surface area contributed by atoms with Crippen molar-refractivity contribution in [1.29, 1.82) is 0 Å². The summed E-state index contributed by atoms with van der Waals surface area (Å²) >= 11 is 0. The lowest BCUT2D eigenvalue weighted by Crippen LogP contribution is -2.47. The van der Waals surface area contributed by atoms with Gasteiger partial charge in [0.15, 0.2) is 5.75 Å². The maximum atomic E-state index is 13.3. The van der Waals surface area contributed by atoms with Crippen molar-refractivity contribution < 1.29 is 17.9 Å². The van der Waals surface area contributed by atoms with E-state index in [0.717, 1.165) is 18.8 Å². The molecule has 176 valence electrons. The third kappa shape index (κ3) is 3.97. The van der Waals surface area contributed by atoms with Crippen molar-refractivity contribution in [3.8, 4) is 11.5 Å². The van der Waals surface area contributed by atoms with E-state index in [-0.39, 0.29) is 10.5 Å². The predicted octanol–water partition coefficient (Wildman–Crippen LogP) is 3.62. The highest BCUT2D eigenvalue weighted by molar-refractivity contribution is 7.89. The zero-order valence-electron chi connectivity index (χ0n) is 19.1. The van der Waals surface area contributed by atoms with E-state index in [1.165, 1.54) is 24.5 Å². The number of hydrogen-bond donors (Lipinski definition) is 1. The van der Waals surface area contributed by atoms with Crippen LogP contribution in [0.15, 0.2) is 71.6 Å². The number of benzene rings is 3. The van der Waals surface area contributed by atoms with E-state index in [0.29, 0.717) is 36.0 Å². The standard InChI is InChI=1S/C25H26N4O4S/c1-27(2)34(31,32)24-16-19-23(33-22-11-7-6-10-20(22)26-25(19)30)17-21(24)29-14-12-28(13-15-29)18-8-4-3-5-9-18/h3-11,16-17H,12-15H2,1-2H3,(H,26,30). The van der Waals surface area contributed by atoms with Crippen LogP contribution < -0.4 is 19.9 Å². The Balaban J connectivity index is 1.55. The molecule has 2 aliphatic rings. The Labute approximate surface area is 199 Å². The van der Waals surface area contributed by atoms with E-state index in [1.807, 2.05) is 29.2 Å². The van der Waals surface area contributed by atoms with Crippen molar-refractivity contribution in [2.24, 2.45) is 0 Å². The van der Waals surface area contributed by atoms with Crippen molar-refractivity contribution in [1.82, 2.24) is 4.31 Å². The number of sulfonamides is 1. The van der Waals surface area contributed by atoms with E-state index in [1.54, 1.807) is 24.3 Å². The molecular formula is C25H26N4O4S. The lowest BCUT2D eigenvalue weighted by atomic mass is 10.1. The molecule has 0 radical (unpaired) electrons. The molecule has 2 aliphatic heterocycles. The van der Waals surface area contributed by atoms with Gasteiger partial charge in [-0.05, 0) is 30.3 Å². The Morgan fingerprint density at radius 2 is 1.50 bits per heavy atom. The molecule has 3 aromatic carbocycles. The summed E-state index contributed by atoms with van der Waals surface area (Å²) in [5.41, 5.74) is 2.40. The third-order valence-corrected chi connectivity index (χ3v) is 8.01. The topological polar surface area (TPSA) is 82.2 Å². The number of carbonyl (C=O) groups is 1. The summed E-state index contributed by atoms with van der Waals surface area (Å²) in [6.45, 7) is 2.75. The molecule has 0 unspecified atom stereocenters. The largest absolute Gasteiger partial charge is 0.454 e. The number of rotatable bonds is 4. The highest BCUT2D eigenvalue weighted by atomic mass is 32.2. The summed E-state index contributed by atoms with van der Waals surface area (Å²) in [5.74, 6) is 0.439. The second-order valence-corrected chi connectivity index (χ2v) is 10.6. The molecule has 9 heteroatoms. The van der Waals surface area contributed by atoms with Gasteiger partial charge in [-0.25, -0.2) is 12.7 Å². The Hall–Kier alpha value is -3.56. The van der Waals surface area contributed by atoms with Crippen LogP contribution in [0, 0.1) is 0 Å². The number of anilines is 3. The fourth-order valence-corrected chi connectivity index (χ4v) is 5.39. The van der Waals surface area contributed by atoms with Crippen LogP contribution in [0.3, 0.4) is 0 Å². The van der Waals surface area contributed by atoms with Crippen molar-refractivity contribution >= 4 is 33.0 Å². The minimum Gasteiger partial charge on any atom is -0.454 e. The number of fused-ring (bicyclic) bond motifs is 2. The maximum absolute atomic E-state index is 13.3. The number of carbonyl (C=O) groups excluding carboxylic acids is 1. The van der Waals surface area contributed by atoms with Gasteiger partial charge in [-0.2, -0.15) is 0 Å². The second kappa shape index (κ2) is 8.66. The van der Waals surface area contributed by atoms with E-state index in [4.69, 9.17) is 4.74 Å². The second-order valence-electron chi connectivity index (χ2n) is 8.47. The molecule has 0 saturated carbocycles. The number of piperazine rings is 1. The molecule has 8 nitrogen and oxygen atoms in total. The van der Waals surface area contributed by atoms with Crippen LogP contribution in [-0.4, -0.2) is 58.9 Å². The Morgan fingerprint density at radius 3 is 2.21 bits per heavy atom. The molecule has 0 spiro atoms. The summed E-state index contributed by atoms with van der Waals surface area (Å²) in [7, 11) is -0.835. The smallest absolute Gasteiger partial charge is 0.259 e. The number of para-hydroxylation sites is 3. The minimum absolute atomic E-state index is 0.0918. The lowest BCUT2D eigenvalue weighted by molar-refractivity contribution is 0.102. The van der Waals surface area contributed by atoms with Gasteiger partial charge in [0.2, 0.25) is 10.0 Å². The Bertz CT molecular complexity index is 1330. The molecule has 0 aliphatic carbocycles. The van der Waals surface area contributed by atoms with Crippen LogP contribution in [0.2, 0.25) is 0 Å². The van der Waals surface area contributed by atoms with Gasteiger partial charge in [0.05, 0.1) is 16.9 Å². The normalized spacial score (nSPS) is 15.8. The number of hydrogen-bond acceptors (Lipinski definition) is 6. The molecule has 0 aromatic heterocycles. The van der Waals surface area contributed by atoms with Crippen LogP contribution in [0.25, 0.3) is 0 Å². The van der Waals surface area contributed by atoms with Crippen LogP contribution in [0.1, 0.15) is 10.4 Å². The van der Waals surface area contributed by atoms with Gasteiger partial charge < -0.3 is 19.9 Å². The van der Waals surface area contributed by atoms with Crippen molar-refractivity contribution in [3.05, 3.63) is 72.3 Å². The average Bonchev–Trinajstić information content (AvgIpc) is 2.99. The number of amides is 1. The fourth-order valence-electron chi connectivity index (χ4n) is 4.27. The SMILES string of the molecule is CN(C)S(=O)(=O)c1cc2c(cc1N1CCN(c3ccccc3)CC1)Oc1ccccc1NC2=O. The molecule has 1 fully saturated rings. The van der Waals surface area contributed by atoms with Gasteiger partial charge in [-0.3, -0.25) is 4.79 Å². The fraction of sp³-hybridized carbons (Fsp3) is 0.240. The molecule has 3 aromatic rings. The van der Waals surface area contributed by atoms with E-state index >= 15 is 0 Å². The van der Waals surface area contributed by atoms with E-state index in [9.17, 15) is 13.2 Å². The molecule has 34 heavy (non-hydrogen) atoms. The molecular weight excluding hydrogens is 452 g/mol. The minimum atomic E-state index is -3.82. The van der Waals surface area contributed by atoms with Crippen LogP contribution in [0.5, 0.6) is 11.5 Å². The Morgan fingerprint density at radius 1 is 0.853 bits per heavy atom. The van der Waals surface area contributed by atoms with E-state index in [2.05, 4.69) is 22.3 Å². The molecule has 1 saturated heterocycles. The van der Waals surface area contributed by atoms with E-state index < -0.39 is 15.9 Å². The summed E-state index contributed by atoms with van der Waals surface area (Å²) in [6.07, 6.45) is 0. The average molecular weight is 479 g/mol. The number of nitrogens with one attached hydrogen (secondary N) is 1. The third-order valence-electron chi connectivity index (χ3n) is 6.16. The van der Waals surface area contributed by atoms with Gasteiger partial charge >= 0.3 is 0 Å². The van der Waals surface area contributed by atoms with Gasteiger partial charge in [-0.1, -0.05) is 30.3 Å². The quantitative estimate of drug-likeness (QED) is 0.617. The lowest BCUT2D eigenvalue weighted by Gasteiger charge is -2.38. The maximum Gasteiger partial charge on any atom is 0.259 e. The first-order valence-electron chi connectivity index (χ1n) is 11.1. The monoisotopic (exact) mass is 478 g/mol. The van der Waals surface area contributed by atoms with Crippen LogP contribution in [-0.2, 0) is 10.0 Å². The Kier molecular flexibility index (Phi) is 5.66. The first-order valence-corrected chi connectivity index (χ1v) is 12.5. The first kappa shape index (κ1) is 22.2. The molecule has 0 atom stereocenters. The highest BCUT2D eigenvalue weighted by Crippen LogP contribution is 2.41. The van der Waals surface area contributed by atoms with Gasteiger partial charge in [0, 0.05) is 52.0 Å². The predicted molar refractivity (Wildman–Crippen MR) is 133 cm³/mol. The molecule has 1 amide bonds. The summed E-state index contributed by atoms with van der Waals surface area (Å²) < 4.78 is 33.9. The van der Waals surface area contributed by atoms with Gasteiger partial charge in [0.1, 0.15) is 10.6 Å². The zero-order chi connectivity index (χ0) is 23.9. The molecule has 0 bridgehead atoms. The molecule has 1 N–H and O–H groups in total. The summed E-state index contributed by atoms with van der Waals surface area (Å²) in [6, 6.07) is 20.4.